The van der Waals surface area contributed by atoms with E-state index < -0.39 is 10.0 Å². The lowest BCUT2D eigenvalue weighted by Gasteiger charge is -2.28. The Labute approximate surface area is 126 Å². The number of hydrogen-bond acceptors (Lipinski definition) is 4. The molecule has 1 heterocycles. The van der Waals surface area contributed by atoms with Gasteiger partial charge < -0.3 is 10.6 Å². The predicted octanol–water partition coefficient (Wildman–Crippen LogP) is 1.08. The van der Waals surface area contributed by atoms with Crippen LogP contribution in [0.4, 0.5) is 5.69 Å². The van der Waals surface area contributed by atoms with E-state index in [-0.39, 0.29) is 6.04 Å². The van der Waals surface area contributed by atoms with Gasteiger partial charge in [-0.1, -0.05) is 6.07 Å². The number of nitrogens with zero attached hydrogens (tertiary/aromatic N) is 1. The molecule has 1 aliphatic carbocycles. The third-order valence-electron chi connectivity index (χ3n) is 4.47. The van der Waals surface area contributed by atoms with Crippen molar-refractivity contribution in [3.8, 4) is 0 Å². The van der Waals surface area contributed by atoms with Crippen LogP contribution in [0.2, 0.25) is 0 Å². The van der Waals surface area contributed by atoms with Crippen LogP contribution in [0.5, 0.6) is 0 Å². The molecule has 1 saturated carbocycles. The van der Waals surface area contributed by atoms with Crippen LogP contribution >= 0.6 is 0 Å². The van der Waals surface area contributed by atoms with Gasteiger partial charge in [0.15, 0.2) is 0 Å². The minimum atomic E-state index is -3.49. The molecular formula is C15H23N3O2S. The molecule has 5 nitrogen and oxygen atoms in total. The summed E-state index contributed by atoms with van der Waals surface area (Å²) in [7, 11) is -1.48. The van der Waals surface area contributed by atoms with Crippen LogP contribution in [0.3, 0.4) is 0 Å². The van der Waals surface area contributed by atoms with Crippen LogP contribution in [0.15, 0.2) is 23.1 Å². The molecular weight excluding hydrogens is 286 g/mol. The number of sulfonamides is 1. The molecule has 0 unspecified atom stereocenters. The fraction of sp³-hybridized carbons (Fsp3) is 0.600. The van der Waals surface area contributed by atoms with Gasteiger partial charge in [-0.15, -0.1) is 0 Å². The summed E-state index contributed by atoms with van der Waals surface area (Å²) in [6.45, 7) is 1.33. The Kier molecular flexibility index (Phi) is 3.94. The number of rotatable bonds is 5. The molecule has 21 heavy (non-hydrogen) atoms. The van der Waals surface area contributed by atoms with Crippen LogP contribution < -0.4 is 15.4 Å². The Morgan fingerprint density at radius 3 is 2.86 bits per heavy atom. The standard InChI is InChI=1S/C15H23N3O2S/c1-18-8-2-3-12-6-7-13(9-15(12)18)21(19,20)17-14(10-16)11-4-5-11/h6-7,9,11,14,17H,2-5,8,10,16H2,1H3/t14-/m1/s1. The molecule has 1 aliphatic heterocycles. The first kappa shape index (κ1) is 14.8. The van der Waals surface area contributed by atoms with Gasteiger partial charge in [-0.3, -0.25) is 0 Å². The van der Waals surface area contributed by atoms with Gasteiger partial charge in [0.2, 0.25) is 10.0 Å². The van der Waals surface area contributed by atoms with Gasteiger partial charge in [0.05, 0.1) is 4.90 Å². The summed E-state index contributed by atoms with van der Waals surface area (Å²) in [6.07, 6.45) is 4.26. The third kappa shape index (κ3) is 3.07. The second kappa shape index (κ2) is 5.59. The van der Waals surface area contributed by atoms with Gasteiger partial charge in [-0.2, -0.15) is 0 Å². The molecule has 1 fully saturated rings. The fourth-order valence-electron chi connectivity index (χ4n) is 3.01. The lowest BCUT2D eigenvalue weighted by Crippen LogP contribution is -2.41. The van der Waals surface area contributed by atoms with Gasteiger partial charge in [0, 0.05) is 31.9 Å². The number of nitrogens with two attached hydrogens (primary N) is 1. The summed E-state index contributed by atoms with van der Waals surface area (Å²) in [4.78, 5) is 2.47. The molecule has 1 aromatic carbocycles. The number of aryl methyl sites for hydroxylation is 1. The second-order valence-corrected chi connectivity index (χ2v) is 7.83. The summed E-state index contributed by atoms with van der Waals surface area (Å²) < 4.78 is 27.9. The average Bonchev–Trinajstić information content (AvgIpc) is 3.29. The summed E-state index contributed by atoms with van der Waals surface area (Å²) in [5.74, 6) is 0.407. The zero-order chi connectivity index (χ0) is 15.0. The Hall–Kier alpha value is -1.11. The van der Waals surface area contributed by atoms with Crippen molar-refractivity contribution >= 4 is 15.7 Å². The van der Waals surface area contributed by atoms with Gasteiger partial charge in [-0.25, -0.2) is 13.1 Å². The van der Waals surface area contributed by atoms with Crippen molar-refractivity contribution in [2.45, 2.75) is 36.6 Å². The predicted molar refractivity (Wildman–Crippen MR) is 83.9 cm³/mol. The average molecular weight is 309 g/mol. The highest BCUT2D eigenvalue weighted by Crippen LogP contribution is 2.33. The quantitative estimate of drug-likeness (QED) is 0.853. The Balaban J connectivity index is 1.86. The number of fused-ring (bicyclic) bond motifs is 1. The number of anilines is 1. The van der Waals surface area contributed by atoms with Crippen molar-refractivity contribution in [2.75, 3.05) is 25.0 Å². The van der Waals surface area contributed by atoms with E-state index in [1.165, 1.54) is 5.56 Å². The van der Waals surface area contributed by atoms with Crippen LogP contribution in [-0.2, 0) is 16.4 Å². The molecule has 6 heteroatoms. The zero-order valence-corrected chi connectivity index (χ0v) is 13.2. The molecule has 0 aromatic heterocycles. The maximum absolute atomic E-state index is 12.5. The van der Waals surface area contributed by atoms with E-state index in [9.17, 15) is 8.42 Å². The zero-order valence-electron chi connectivity index (χ0n) is 12.4. The highest BCUT2D eigenvalue weighted by atomic mass is 32.2. The van der Waals surface area contributed by atoms with Crippen molar-refractivity contribution < 1.29 is 8.42 Å². The highest BCUT2D eigenvalue weighted by Gasteiger charge is 2.33. The lowest BCUT2D eigenvalue weighted by atomic mass is 10.0. The van der Waals surface area contributed by atoms with E-state index in [4.69, 9.17) is 5.73 Å². The van der Waals surface area contributed by atoms with Gasteiger partial charge in [0.25, 0.3) is 0 Å². The van der Waals surface area contributed by atoms with Crippen LogP contribution in [0.25, 0.3) is 0 Å². The fourth-order valence-corrected chi connectivity index (χ4v) is 4.34. The second-order valence-electron chi connectivity index (χ2n) is 6.12. The molecule has 0 saturated heterocycles. The SMILES string of the molecule is CN1CCCc2ccc(S(=O)(=O)N[C@H](CN)C3CC3)cc21. The molecule has 2 aliphatic rings. The minimum absolute atomic E-state index is 0.135. The van der Waals surface area contributed by atoms with Crippen molar-refractivity contribution in [1.29, 1.82) is 0 Å². The monoisotopic (exact) mass is 309 g/mol. The minimum Gasteiger partial charge on any atom is -0.374 e. The molecule has 1 atom stereocenters. The summed E-state index contributed by atoms with van der Waals surface area (Å²) in [6, 6.07) is 5.30. The molecule has 0 bridgehead atoms. The van der Waals surface area contributed by atoms with Gasteiger partial charge in [-0.05, 0) is 49.3 Å². The smallest absolute Gasteiger partial charge is 0.240 e. The molecule has 0 spiro atoms. The normalized spacial score (nSPS) is 20.2. The number of hydrogen-bond donors (Lipinski definition) is 2. The maximum Gasteiger partial charge on any atom is 0.240 e. The van der Waals surface area contributed by atoms with E-state index in [0.717, 1.165) is 37.9 Å². The largest absolute Gasteiger partial charge is 0.374 e. The Morgan fingerprint density at radius 1 is 1.43 bits per heavy atom. The van der Waals surface area contributed by atoms with Crippen molar-refractivity contribution in [1.82, 2.24) is 4.72 Å². The van der Waals surface area contributed by atoms with Crippen molar-refractivity contribution in [3.05, 3.63) is 23.8 Å². The Morgan fingerprint density at radius 2 is 2.19 bits per heavy atom. The topological polar surface area (TPSA) is 75.4 Å². The van der Waals surface area contributed by atoms with E-state index in [1.54, 1.807) is 12.1 Å². The number of nitrogens with one attached hydrogen (secondary N) is 1. The highest BCUT2D eigenvalue weighted by molar-refractivity contribution is 7.89. The molecule has 3 N–H and O–H groups in total. The summed E-state index contributed by atoms with van der Waals surface area (Å²) >= 11 is 0. The number of benzene rings is 1. The Bertz CT molecular complexity index is 626. The summed E-state index contributed by atoms with van der Waals surface area (Å²) in [5.41, 5.74) is 7.95. The van der Waals surface area contributed by atoms with E-state index >= 15 is 0 Å². The van der Waals surface area contributed by atoms with Crippen molar-refractivity contribution in [2.24, 2.45) is 11.7 Å². The lowest BCUT2D eigenvalue weighted by molar-refractivity contribution is 0.519. The van der Waals surface area contributed by atoms with Crippen LogP contribution in [0, 0.1) is 5.92 Å². The van der Waals surface area contributed by atoms with Gasteiger partial charge >= 0.3 is 0 Å². The third-order valence-corrected chi connectivity index (χ3v) is 5.96. The van der Waals surface area contributed by atoms with E-state index in [0.29, 0.717) is 17.4 Å². The van der Waals surface area contributed by atoms with E-state index in [1.807, 2.05) is 13.1 Å². The van der Waals surface area contributed by atoms with Crippen LogP contribution in [-0.4, -0.2) is 34.6 Å². The molecule has 1 aromatic rings. The molecule has 0 radical (unpaired) electrons. The first-order chi connectivity index (χ1) is 10.0. The first-order valence-corrected chi connectivity index (χ1v) is 9.06. The van der Waals surface area contributed by atoms with Crippen molar-refractivity contribution in [3.63, 3.8) is 0 Å². The van der Waals surface area contributed by atoms with Crippen LogP contribution in [0.1, 0.15) is 24.8 Å². The van der Waals surface area contributed by atoms with Gasteiger partial charge in [0.1, 0.15) is 0 Å². The summed E-state index contributed by atoms with van der Waals surface area (Å²) in [5, 5.41) is 0. The molecule has 0 amide bonds. The molecule has 3 rings (SSSR count). The maximum atomic E-state index is 12.5. The van der Waals surface area contributed by atoms with E-state index in [2.05, 4.69) is 9.62 Å². The first-order valence-electron chi connectivity index (χ1n) is 7.58. The molecule has 116 valence electrons.